The van der Waals surface area contributed by atoms with Gasteiger partial charge < -0.3 is 10.6 Å². The van der Waals surface area contributed by atoms with Crippen LogP contribution < -0.4 is 10.6 Å². The fraction of sp³-hybridized carbons (Fsp3) is 0.722. The van der Waals surface area contributed by atoms with Crippen molar-refractivity contribution in [2.24, 2.45) is 17.9 Å². The van der Waals surface area contributed by atoms with Crippen molar-refractivity contribution in [1.82, 2.24) is 20.4 Å². The molecule has 0 aromatic carbocycles. The average Bonchev–Trinajstić information content (AvgIpc) is 2.78. The van der Waals surface area contributed by atoms with Gasteiger partial charge in [-0.2, -0.15) is 5.10 Å². The number of aromatic nitrogens is 2. The summed E-state index contributed by atoms with van der Waals surface area (Å²) in [6.07, 6.45) is 0. The van der Waals surface area contributed by atoms with E-state index in [0.29, 0.717) is 5.69 Å². The van der Waals surface area contributed by atoms with Gasteiger partial charge in [0.05, 0.1) is 0 Å². The van der Waals surface area contributed by atoms with Crippen LogP contribution in [0.1, 0.15) is 76.4 Å². The molecule has 0 radical (unpaired) electrons. The van der Waals surface area contributed by atoms with E-state index >= 15 is 0 Å². The number of carbonyl (C=O) groups excluding carboxylic acids is 2. The molecule has 0 aliphatic carbocycles. The van der Waals surface area contributed by atoms with E-state index in [2.05, 4.69) is 57.3 Å². The first-order chi connectivity index (χ1) is 10.7. The third-order valence-corrected chi connectivity index (χ3v) is 4.64. The molecule has 6 heteroatoms. The molecule has 0 unspecified atom stereocenters. The lowest BCUT2D eigenvalue weighted by Gasteiger charge is -2.28. The monoisotopic (exact) mass is 336 g/mol. The topological polar surface area (TPSA) is 76.0 Å². The molecule has 6 nitrogen and oxygen atoms in total. The Bertz CT molecular complexity index is 606. The molecule has 0 aliphatic heterocycles. The summed E-state index contributed by atoms with van der Waals surface area (Å²) in [5, 5.41) is 10.1. The van der Waals surface area contributed by atoms with Gasteiger partial charge in [0, 0.05) is 25.2 Å². The minimum absolute atomic E-state index is 0.00177. The van der Waals surface area contributed by atoms with Crippen LogP contribution in [0.2, 0.25) is 0 Å². The maximum Gasteiger partial charge on any atom is 0.272 e. The summed E-state index contributed by atoms with van der Waals surface area (Å²) in [6.45, 7) is 16.3. The first-order valence-electron chi connectivity index (χ1n) is 8.39. The van der Waals surface area contributed by atoms with Gasteiger partial charge in [-0.25, -0.2) is 0 Å². The summed E-state index contributed by atoms with van der Waals surface area (Å²) in [5.74, 6) is -0.494. The SMILES string of the molecule is C[C@H](NC(=O)c1cc(C(=O)N[C@@H](C)C(C)(C)C)n(C)n1)C(C)(C)C. The van der Waals surface area contributed by atoms with E-state index in [-0.39, 0.29) is 40.4 Å². The van der Waals surface area contributed by atoms with Gasteiger partial charge in [0.2, 0.25) is 0 Å². The Morgan fingerprint density at radius 2 is 1.38 bits per heavy atom. The van der Waals surface area contributed by atoms with Gasteiger partial charge in [-0.05, 0) is 24.7 Å². The molecule has 1 aromatic rings. The summed E-state index contributed by atoms with van der Waals surface area (Å²) >= 11 is 0. The molecular formula is C18H32N4O2. The van der Waals surface area contributed by atoms with Gasteiger partial charge in [-0.3, -0.25) is 14.3 Å². The molecule has 24 heavy (non-hydrogen) atoms. The van der Waals surface area contributed by atoms with Crippen LogP contribution in [0.5, 0.6) is 0 Å². The Labute approximate surface area is 145 Å². The quantitative estimate of drug-likeness (QED) is 0.887. The lowest BCUT2D eigenvalue weighted by Crippen LogP contribution is -2.42. The van der Waals surface area contributed by atoms with Crippen LogP contribution in [0, 0.1) is 10.8 Å². The fourth-order valence-corrected chi connectivity index (χ4v) is 1.76. The Balaban J connectivity index is 2.88. The Kier molecular flexibility index (Phi) is 5.85. The summed E-state index contributed by atoms with van der Waals surface area (Å²) in [6, 6.07) is 1.53. The minimum Gasteiger partial charge on any atom is -0.348 e. The molecule has 0 aliphatic rings. The van der Waals surface area contributed by atoms with Crippen molar-refractivity contribution < 1.29 is 9.59 Å². The number of aryl methyl sites for hydroxylation is 1. The third kappa shape index (κ3) is 5.08. The van der Waals surface area contributed by atoms with Crippen molar-refractivity contribution in [1.29, 1.82) is 0 Å². The second-order valence-corrected chi connectivity index (χ2v) is 8.66. The first-order valence-corrected chi connectivity index (χ1v) is 8.39. The van der Waals surface area contributed by atoms with Crippen molar-refractivity contribution in [2.75, 3.05) is 0 Å². The highest BCUT2D eigenvalue weighted by Crippen LogP contribution is 2.20. The number of rotatable bonds is 4. The predicted molar refractivity (Wildman–Crippen MR) is 96.0 cm³/mol. The summed E-state index contributed by atoms with van der Waals surface area (Å²) in [4.78, 5) is 24.8. The van der Waals surface area contributed by atoms with E-state index in [4.69, 9.17) is 0 Å². The highest BCUT2D eigenvalue weighted by molar-refractivity contribution is 5.98. The van der Waals surface area contributed by atoms with Gasteiger partial charge >= 0.3 is 0 Å². The number of hydrogen-bond acceptors (Lipinski definition) is 3. The molecule has 1 heterocycles. The maximum atomic E-state index is 12.4. The standard InChI is InChI=1S/C18H32N4O2/c1-11(17(3,4)5)19-15(23)13-10-14(22(9)21-13)16(24)20-12(2)18(6,7)8/h10-12H,1-9H3,(H,19,23)(H,20,24)/t11-,12-/m0/s1. The maximum absolute atomic E-state index is 12.4. The number of amides is 2. The molecule has 2 amide bonds. The third-order valence-electron chi connectivity index (χ3n) is 4.64. The number of carbonyl (C=O) groups is 2. The van der Waals surface area contributed by atoms with Crippen LogP contribution >= 0.6 is 0 Å². The van der Waals surface area contributed by atoms with Gasteiger partial charge in [-0.15, -0.1) is 0 Å². The van der Waals surface area contributed by atoms with Crippen LogP contribution in [0.15, 0.2) is 6.07 Å². The number of nitrogens with zero attached hydrogens (tertiary/aromatic N) is 2. The van der Waals surface area contributed by atoms with E-state index < -0.39 is 0 Å². The van der Waals surface area contributed by atoms with Crippen molar-refractivity contribution in [3.05, 3.63) is 17.5 Å². The van der Waals surface area contributed by atoms with Gasteiger partial charge in [0.1, 0.15) is 5.69 Å². The molecule has 1 aromatic heterocycles. The van der Waals surface area contributed by atoms with E-state index in [1.54, 1.807) is 7.05 Å². The fourth-order valence-electron chi connectivity index (χ4n) is 1.76. The average molecular weight is 336 g/mol. The normalized spacial score (nSPS) is 14.9. The van der Waals surface area contributed by atoms with Crippen LogP contribution in [0.3, 0.4) is 0 Å². The zero-order chi connectivity index (χ0) is 18.9. The second kappa shape index (κ2) is 6.95. The minimum atomic E-state index is -0.268. The molecule has 0 bridgehead atoms. The molecule has 0 spiro atoms. The molecular weight excluding hydrogens is 304 g/mol. The predicted octanol–water partition coefficient (Wildman–Crippen LogP) is 2.75. The number of hydrogen-bond donors (Lipinski definition) is 2. The largest absolute Gasteiger partial charge is 0.348 e. The summed E-state index contributed by atoms with van der Waals surface area (Å²) in [7, 11) is 1.67. The van der Waals surface area contributed by atoms with Crippen LogP contribution in [-0.2, 0) is 7.05 Å². The lowest BCUT2D eigenvalue weighted by atomic mass is 9.88. The molecule has 1 rings (SSSR count). The van der Waals surface area contributed by atoms with Gasteiger partial charge in [0.15, 0.2) is 5.69 Å². The van der Waals surface area contributed by atoms with E-state index in [1.165, 1.54) is 10.7 Å². The Morgan fingerprint density at radius 3 is 1.79 bits per heavy atom. The molecule has 2 atom stereocenters. The highest BCUT2D eigenvalue weighted by atomic mass is 16.2. The Morgan fingerprint density at radius 1 is 0.958 bits per heavy atom. The van der Waals surface area contributed by atoms with Crippen LogP contribution in [0.4, 0.5) is 0 Å². The second-order valence-electron chi connectivity index (χ2n) is 8.66. The van der Waals surface area contributed by atoms with Gasteiger partial charge in [0.25, 0.3) is 11.8 Å². The molecule has 2 N–H and O–H groups in total. The van der Waals surface area contributed by atoms with Gasteiger partial charge in [-0.1, -0.05) is 41.5 Å². The molecule has 136 valence electrons. The van der Waals surface area contributed by atoms with Crippen molar-refractivity contribution in [2.45, 2.75) is 67.5 Å². The number of nitrogens with one attached hydrogen (secondary N) is 2. The molecule has 0 fully saturated rings. The highest BCUT2D eigenvalue weighted by Gasteiger charge is 2.26. The van der Waals surface area contributed by atoms with E-state index in [1.807, 2.05) is 13.8 Å². The summed E-state index contributed by atoms with van der Waals surface area (Å²) < 4.78 is 1.45. The smallest absolute Gasteiger partial charge is 0.272 e. The molecule has 0 saturated carbocycles. The molecule has 0 saturated heterocycles. The van der Waals surface area contributed by atoms with Crippen molar-refractivity contribution in [3.63, 3.8) is 0 Å². The van der Waals surface area contributed by atoms with Crippen LogP contribution in [0.25, 0.3) is 0 Å². The lowest BCUT2D eigenvalue weighted by molar-refractivity contribution is 0.0895. The summed E-state index contributed by atoms with van der Waals surface area (Å²) in [5.41, 5.74) is 0.533. The van der Waals surface area contributed by atoms with Crippen LogP contribution in [-0.4, -0.2) is 33.7 Å². The Hall–Kier alpha value is -1.85. The van der Waals surface area contributed by atoms with Crippen molar-refractivity contribution >= 4 is 11.8 Å². The zero-order valence-corrected chi connectivity index (χ0v) is 16.4. The first kappa shape index (κ1) is 20.2. The van der Waals surface area contributed by atoms with E-state index in [0.717, 1.165) is 0 Å². The zero-order valence-electron chi connectivity index (χ0n) is 16.4. The van der Waals surface area contributed by atoms with E-state index in [9.17, 15) is 9.59 Å². The van der Waals surface area contributed by atoms with Crippen molar-refractivity contribution in [3.8, 4) is 0 Å².